The zero-order valence-corrected chi connectivity index (χ0v) is 9.84. The molecule has 0 radical (unpaired) electrons. The summed E-state index contributed by atoms with van der Waals surface area (Å²) in [6, 6.07) is 6.34. The summed E-state index contributed by atoms with van der Waals surface area (Å²) in [6.45, 7) is 5.79. The van der Waals surface area contributed by atoms with Gasteiger partial charge in [-0.1, -0.05) is 28.1 Å². The Kier molecular flexibility index (Phi) is 4.32. The molecule has 1 aromatic rings. The van der Waals surface area contributed by atoms with Crippen LogP contribution in [0.4, 0.5) is 0 Å². The van der Waals surface area contributed by atoms with Gasteiger partial charge < -0.3 is 0 Å². The zero-order valence-electron chi connectivity index (χ0n) is 8.26. The van der Waals surface area contributed by atoms with Gasteiger partial charge in [0.05, 0.1) is 0 Å². The first-order valence-corrected chi connectivity index (χ1v) is 5.31. The predicted octanol–water partition coefficient (Wildman–Crippen LogP) is 2.84. The molecule has 3 heteroatoms. The monoisotopic (exact) mass is 254 g/mol. The van der Waals surface area contributed by atoms with Gasteiger partial charge in [-0.05, 0) is 36.6 Å². The fourth-order valence-electron chi connectivity index (χ4n) is 1.48. The number of hydrogen-bond donors (Lipinski definition) is 2. The van der Waals surface area contributed by atoms with Crippen molar-refractivity contribution >= 4 is 15.9 Å². The van der Waals surface area contributed by atoms with E-state index in [0.29, 0.717) is 0 Å². The molecule has 3 N–H and O–H groups in total. The van der Waals surface area contributed by atoms with Crippen molar-refractivity contribution in [2.24, 2.45) is 5.84 Å². The molecule has 0 aromatic heterocycles. The number of benzene rings is 1. The molecule has 0 aliphatic rings. The normalized spacial score (nSPS) is 12.5. The molecular weight excluding hydrogens is 240 g/mol. The number of nitrogens with two attached hydrogens (primary N) is 1. The Morgan fingerprint density at radius 2 is 2.36 bits per heavy atom. The van der Waals surface area contributed by atoms with Crippen LogP contribution in [0.3, 0.4) is 0 Å². The van der Waals surface area contributed by atoms with E-state index in [-0.39, 0.29) is 6.04 Å². The summed E-state index contributed by atoms with van der Waals surface area (Å²) in [5, 5.41) is 0. The van der Waals surface area contributed by atoms with Crippen molar-refractivity contribution in [1.29, 1.82) is 0 Å². The van der Waals surface area contributed by atoms with Gasteiger partial charge in [0.15, 0.2) is 0 Å². The van der Waals surface area contributed by atoms with Crippen LogP contribution in [0, 0.1) is 6.92 Å². The largest absolute Gasteiger partial charge is 0.271 e. The molecule has 1 rings (SSSR count). The molecule has 0 bridgehead atoms. The van der Waals surface area contributed by atoms with Crippen LogP contribution in [-0.4, -0.2) is 0 Å². The minimum atomic E-state index is 0.153. The molecule has 1 aromatic carbocycles. The molecule has 14 heavy (non-hydrogen) atoms. The molecule has 0 saturated heterocycles. The van der Waals surface area contributed by atoms with E-state index in [1.807, 2.05) is 12.1 Å². The van der Waals surface area contributed by atoms with Gasteiger partial charge in [-0.2, -0.15) is 0 Å². The van der Waals surface area contributed by atoms with Crippen LogP contribution in [0.5, 0.6) is 0 Å². The van der Waals surface area contributed by atoms with Crippen molar-refractivity contribution in [3.63, 3.8) is 0 Å². The van der Waals surface area contributed by atoms with Gasteiger partial charge in [0.1, 0.15) is 0 Å². The molecule has 1 unspecified atom stereocenters. The fourth-order valence-corrected chi connectivity index (χ4v) is 1.96. The van der Waals surface area contributed by atoms with Gasteiger partial charge in [-0.3, -0.25) is 11.3 Å². The van der Waals surface area contributed by atoms with Gasteiger partial charge in [0.25, 0.3) is 0 Å². The first-order chi connectivity index (χ1) is 6.69. The summed E-state index contributed by atoms with van der Waals surface area (Å²) in [7, 11) is 0. The van der Waals surface area contributed by atoms with Gasteiger partial charge in [-0.25, -0.2) is 0 Å². The highest BCUT2D eigenvalue weighted by atomic mass is 79.9. The average molecular weight is 255 g/mol. The Balaban J connectivity index is 2.97. The number of hydrogen-bond acceptors (Lipinski definition) is 2. The van der Waals surface area contributed by atoms with E-state index in [9.17, 15) is 0 Å². The van der Waals surface area contributed by atoms with Crippen molar-refractivity contribution in [3.8, 4) is 0 Å². The maximum Gasteiger partial charge on any atom is 0.0496 e. The smallest absolute Gasteiger partial charge is 0.0496 e. The second-order valence-electron chi connectivity index (χ2n) is 3.24. The summed E-state index contributed by atoms with van der Waals surface area (Å²) in [5.41, 5.74) is 5.24. The molecule has 0 aliphatic carbocycles. The van der Waals surface area contributed by atoms with E-state index < -0.39 is 0 Å². The highest BCUT2D eigenvalue weighted by Gasteiger charge is 2.09. The number of hydrazine groups is 1. The van der Waals surface area contributed by atoms with Gasteiger partial charge in [0.2, 0.25) is 0 Å². The number of rotatable bonds is 4. The lowest BCUT2D eigenvalue weighted by Crippen LogP contribution is -2.28. The SMILES string of the molecule is C=CCC(NN)c1ccc(Br)cc1C. The molecule has 0 heterocycles. The predicted molar refractivity (Wildman–Crippen MR) is 63.8 cm³/mol. The van der Waals surface area contributed by atoms with Crippen LogP contribution >= 0.6 is 15.9 Å². The van der Waals surface area contributed by atoms with Crippen molar-refractivity contribution < 1.29 is 0 Å². The van der Waals surface area contributed by atoms with Gasteiger partial charge in [-0.15, -0.1) is 6.58 Å². The summed E-state index contributed by atoms with van der Waals surface area (Å²) in [4.78, 5) is 0. The van der Waals surface area contributed by atoms with Gasteiger partial charge >= 0.3 is 0 Å². The lowest BCUT2D eigenvalue weighted by molar-refractivity contribution is 0.559. The molecular formula is C11H15BrN2. The van der Waals surface area contributed by atoms with Crippen molar-refractivity contribution in [2.45, 2.75) is 19.4 Å². The highest BCUT2D eigenvalue weighted by Crippen LogP contribution is 2.23. The van der Waals surface area contributed by atoms with Crippen molar-refractivity contribution in [1.82, 2.24) is 5.43 Å². The Hall–Kier alpha value is -0.640. The summed E-state index contributed by atoms with van der Waals surface area (Å²) < 4.78 is 1.09. The van der Waals surface area contributed by atoms with Crippen LogP contribution in [0.15, 0.2) is 35.3 Å². The van der Waals surface area contributed by atoms with E-state index in [1.54, 1.807) is 0 Å². The number of aryl methyl sites for hydroxylation is 1. The third kappa shape index (κ3) is 2.67. The van der Waals surface area contributed by atoms with Crippen LogP contribution < -0.4 is 11.3 Å². The van der Waals surface area contributed by atoms with Crippen molar-refractivity contribution in [2.75, 3.05) is 0 Å². The summed E-state index contributed by atoms with van der Waals surface area (Å²) in [5.74, 6) is 5.49. The quantitative estimate of drug-likeness (QED) is 0.493. The summed E-state index contributed by atoms with van der Waals surface area (Å²) >= 11 is 3.43. The zero-order chi connectivity index (χ0) is 10.6. The second kappa shape index (κ2) is 5.29. The Morgan fingerprint density at radius 1 is 1.64 bits per heavy atom. The number of halogens is 1. The molecule has 1 atom stereocenters. The molecule has 76 valence electrons. The van der Waals surface area contributed by atoms with Crippen molar-refractivity contribution in [3.05, 3.63) is 46.5 Å². The minimum absolute atomic E-state index is 0.153. The third-order valence-corrected chi connectivity index (χ3v) is 2.70. The molecule has 0 saturated carbocycles. The highest BCUT2D eigenvalue weighted by molar-refractivity contribution is 9.10. The number of nitrogens with one attached hydrogen (secondary N) is 1. The first-order valence-electron chi connectivity index (χ1n) is 4.52. The second-order valence-corrected chi connectivity index (χ2v) is 4.16. The van der Waals surface area contributed by atoms with Crippen LogP contribution in [0.25, 0.3) is 0 Å². The molecule has 0 aliphatic heterocycles. The third-order valence-electron chi connectivity index (χ3n) is 2.21. The molecule has 0 fully saturated rings. The fraction of sp³-hybridized carbons (Fsp3) is 0.273. The van der Waals surface area contributed by atoms with Gasteiger partial charge in [0, 0.05) is 10.5 Å². The molecule has 0 amide bonds. The minimum Gasteiger partial charge on any atom is -0.271 e. The van der Waals surface area contributed by atoms with Crippen LogP contribution in [-0.2, 0) is 0 Å². The molecule has 0 spiro atoms. The standard InChI is InChI=1S/C11H15BrN2/c1-3-4-11(14-13)10-6-5-9(12)7-8(10)2/h3,5-7,11,14H,1,4,13H2,2H3. The average Bonchev–Trinajstić information content (AvgIpc) is 2.15. The van der Waals surface area contributed by atoms with E-state index >= 15 is 0 Å². The maximum atomic E-state index is 5.49. The summed E-state index contributed by atoms with van der Waals surface area (Å²) in [6.07, 6.45) is 2.70. The Morgan fingerprint density at radius 3 is 2.86 bits per heavy atom. The van der Waals surface area contributed by atoms with Crippen LogP contribution in [0.1, 0.15) is 23.6 Å². The van der Waals surface area contributed by atoms with E-state index in [4.69, 9.17) is 5.84 Å². The van der Waals surface area contributed by atoms with E-state index in [1.165, 1.54) is 11.1 Å². The topological polar surface area (TPSA) is 38.0 Å². The Labute approximate surface area is 93.3 Å². The lowest BCUT2D eigenvalue weighted by Gasteiger charge is -2.16. The van der Waals surface area contributed by atoms with E-state index in [0.717, 1.165) is 10.9 Å². The van der Waals surface area contributed by atoms with Crippen LogP contribution in [0.2, 0.25) is 0 Å². The molecule has 2 nitrogen and oxygen atoms in total. The maximum absolute atomic E-state index is 5.49. The first kappa shape index (κ1) is 11.4. The van der Waals surface area contributed by atoms with E-state index in [2.05, 4.69) is 47.0 Å². The Bertz CT molecular complexity index is 323. The lowest BCUT2D eigenvalue weighted by atomic mass is 9.99.